The first-order chi connectivity index (χ1) is 9.73. The molecule has 2 aromatic rings. The van der Waals surface area contributed by atoms with E-state index >= 15 is 0 Å². The summed E-state index contributed by atoms with van der Waals surface area (Å²) in [6.45, 7) is 3.65. The molecule has 0 aliphatic carbocycles. The number of pyridine rings is 1. The minimum atomic E-state index is -3.76. The van der Waals surface area contributed by atoms with Crippen LogP contribution in [0.25, 0.3) is 0 Å². The maximum atomic E-state index is 12.6. The average Bonchev–Trinajstić information content (AvgIpc) is 2.73. The summed E-state index contributed by atoms with van der Waals surface area (Å²) in [5.74, 6) is 0.591. The van der Waals surface area contributed by atoms with Crippen LogP contribution in [0.1, 0.15) is 17.0 Å². The van der Waals surface area contributed by atoms with Gasteiger partial charge in [0, 0.05) is 29.8 Å². The van der Waals surface area contributed by atoms with Crippen LogP contribution < -0.4 is 0 Å². The molecular weight excluding hydrogens is 382 g/mol. The van der Waals surface area contributed by atoms with E-state index in [1.165, 1.54) is 23.6 Å². The van der Waals surface area contributed by atoms with Crippen LogP contribution >= 0.6 is 27.5 Å². The first-order valence-corrected chi connectivity index (χ1v) is 8.53. The molecule has 9 heteroatoms. The second kappa shape index (κ2) is 6.04. The fourth-order valence-electron chi connectivity index (χ4n) is 1.79. The van der Waals surface area contributed by atoms with E-state index in [0.717, 1.165) is 5.56 Å². The van der Waals surface area contributed by atoms with Gasteiger partial charge in [-0.3, -0.25) is 0 Å². The van der Waals surface area contributed by atoms with Gasteiger partial charge in [0.15, 0.2) is 0 Å². The maximum Gasteiger partial charge on any atom is 0.246 e. The number of nitrogens with zero attached hydrogens (tertiary/aromatic N) is 3. The Kier molecular flexibility index (Phi) is 4.72. The molecule has 0 aromatic carbocycles. The van der Waals surface area contributed by atoms with Crippen LogP contribution in [-0.4, -0.2) is 29.9 Å². The Hall–Kier alpha value is -0.960. The van der Waals surface area contributed by atoms with E-state index in [1.807, 2.05) is 0 Å². The van der Waals surface area contributed by atoms with Crippen LogP contribution in [0, 0.1) is 13.8 Å². The third-order valence-electron chi connectivity index (χ3n) is 3.02. The Labute approximate surface area is 136 Å². The molecule has 0 saturated heterocycles. The fourth-order valence-corrected chi connectivity index (χ4v) is 3.84. The van der Waals surface area contributed by atoms with E-state index in [0.29, 0.717) is 15.9 Å². The van der Waals surface area contributed by atoms with Crippen molar-refractivity contribution in [1.29, 1.82) is 0 Å². The SMILES string of the molecule is Cc1noc(C)c1CN(C)S(=O)(=O)c1cc(Br)cnc1Cl. The van der Waals surface area contributed by atoms with Crippen molar-refractivity contribution in [3.05, 3.63) is 38.9 Å². The molecule has 0 aliphatic rings. The number of aromatic nitrogens is 2. The predicted octanol–water partition coefficient (Wildman–Crippen LogP) is 2.92. The molecule has 6 nitrogen and oxygen atoms in total. The number of aryl methyl sites for hydroxylation is 2. The normalized spacial score (nSPS) is 12.1. The van der Waals surface area contributed by atoms with Crippen molar-refractivity contribution < 1.29 is 12.9 Å². The van der Waals surface area contributed by atoms with Crippen LogP contribution in [-0.2, 0) is 16.6 Å². The van der Waals surface area contributed by atoms with Crippen LogP contribution in [0.4, 0.5) is 0 Å². The summed E-state index contributed by atoms with van der Waals surface area (Å²) in [6, 6.07) is 1.43. The molecule has 0 fully saturated rings. The third-order valence-corrected chi connectivity index (χ3v) is 5.69. The molecule has 114 valence electrons. The van der Waals surface area contributed by atoms with E-state index < -0.39 is 10.0 Å². The summed E-state index contributed by atoms with van der Waals surface area (Å²) in [5, 5.41) is 3.75. The number of hydrogen-bond acceptors (Lipinski definition) is 5. The van der Waals surface area contributed by atoms with Crippen molar-refractivity contribution in [2.24, 2.45) is 0 Å². The quantitative estimate of drug-likeness (QED) is 0.745. The molecule has 2 aromatic heterocycles. The lowest BCUT2D eigenvalue weighted by atomic mass is 10.2. The highest BCUT2D eigenvalue weighted by Crippen LogP contribution is 2.26. The summed E-state index contributed by atoms with van der Waals surface area (Å²) in [7, 11) is -2.29. The summed E-state index contributed by atoms with van der Waals surface area (Å²) in [4.78, 5) is 3.79. The van der Waals surface area contributed by atoms with E-state index in [-0.39, 0.29) is 16.6 Å². The summed E-state index contributed by atoms with van der Waals surface area (Å²) in [5.41, 5.74) is 1.40. The van der Waals surface area contributed by atoms with Gasteiger partial charge >= 0.3 is 0 Å². The summed E-state index contributed by atoms with van der Waals surface area (Å²) in [6.07, 6.45) is 1.44. The molecular formula is C12H13BrClN3O3S. The molecule has 2 heterocycles. The zero-order chi connectivity index (χ0) is 15.8. The second-order valence-electron chi connectivity index (χ2n) is 4.51. The highest BCUT2D eigenvalue weighted by atomic mass is 79.9. The highest BCUT2D eigenvalue weighted by molar-refractivity contribution is 9.10. The van der Waals surface area contributed by atoms with Gasteiger partial charge in [0.05, 0.1) is 5.69 Å². The number of halogens is 2. The fraction of sp³-hybridized carbons (Fsp3) is 0.333. The molecule has 0 aliphatic heterocycles. The molecule has 0 saturated carbocycles. The Bertz CT molecular complexity index is 757. The topological polar surface area (TPSA) is 76.3 Å². The Balaban J connectivity index is 2.37. The standard InChI is InChI=1S/C12H13BrClN3O3S/c1-7-10(8(2)20-16-7)6-17(3)21(18,19)11-4-9(13)5-15-12(11)14/h4-5H,6H2,1-3H3. The summed E-state index contributed by atoms with van der Waals surface area (Å²) < 4.78 is 31.9. The molecule has 2 rings (SSSR count). The molecule has 0 atom stereocenters. The lowest BCUT2D eigenvalue weighted by Crippen LogP contribution is -2.27. The zero-order valence-corrected chi connectivity index (χ0v) is 14.8. The van der Waals surface area contributed by atoms with Gasteiger partial charge < -0.3 is 4.52 Å². The van der Waals surface area contributed by atoms with Crippen LogP contribution in [0.3, 0.4) is 0 Å². The van der Waals surface area contributed by atoms with Gasteiger partial charge in [-0.15, -0.1) is 0 Å². The van der Waals surface area contributed by atoms with Crippen molar-refractivity contribution in [3.63, 3.8) is 0 Å². The molecule has 0 radical (unpaired) electrons. The molecule has 0 bridgehead atoms. The van der Waals surface area contributed by atoms with Crippen molar-refractivity contribution in [3.8, 4) is 0 Å². The van der Waals surface area contributed by atoms with E-state index in [4.69, 9.17) is 16.1 Å². The van der Waals surface area contributed by atoms with Gasteiger partial charge in [0.2, 0.25) is 10.0 Å². The largest absolute Gasteiger partial charge is 0.361 e. The highest BCUT2D eigenvalue weighted by Gasteiger charge is 2.26. The van der Waals surface area contributed by atoms with Gasteiger partial charge in [-0.05, 0) is 35.8 Å². The van der Waals surface area contributed by atoms with Crippen molar-refractivity contribution in [2.45, 2.75) is 25.3 Å². The third kappa shape index (κ3) is 3.28. The first kappa shape index (κ1) is 16.4. The predicted molar refractivity (Wildman–Crippen MR) is 81.6 cm³/mol. The Morgan fingerprint density at radius 2 is 2.10 bits per heavy atom. The van der Waals surface area contributed by atoms with E-state index in [2.05, 4.69) is 26.1 Å². The van der Waals surface area contributed by atoms with E-state index in [1.54, 1.807) is 13.8 Å². The Morgan fingerprint density at radius 1 is 1.43 bits per heavy atom. The molecule has 0 amide bonds. The van der Waals surface area contributed by atoms with Gasteiger partial charge in [-0.1, -0.05) is 16.8 Å². The first-order valence-electron chi connectivity index (χ1n) is 5.92. The van der Waals surface area contributed by atoms with Gasteiger partial charge in [0.1, 0.15) is 15.8 Å². The van der Waals surface area contributed by atoms with E-state index in [9.17, 15) is 8.42 Å². The second-order valence-corrected chi connectivity index (χ2v) is 7.79. The zero-order valence-electron chi connectivity index (χ0n) is 11.6. The van der Waals surface area contributed by atoms with Gasteiger partial charge in [-0.2, -0.15) is 4.31 Å². The lowest BCUT2D eigenvalue weighted by molar-refractivity contribution is 0.390. The van der Waals surface area contributed by atoms with Crippen LogP contribution in [0.5, 0.6) is 0 Å². The molecule has 21 heavy (non-hydrogen) atoms. The number of sulfonamides is 1. The lowest BCUT2D eigenvalue weighted by Gasteiger charge is -2.17. The van der Waals surface area contributed by atoms with Gasteiger partial charge in [-0.25, -0.2) is 13.4 Å². The number of rotatable bonds is 4. The molecule has 0 spiro atoms. The molecule has 0 unspecified atom stereocenters. The van der Waals surface area contributed by atoms with Crippen molar-refractivity contribution in [2.75, 3.05) is 7.05 Å². The van der Waals surface area contributed by atoms with Crippen LogP contribution in [0.2, 0.25) is 5.15 Å². The van der Waals surface area contributed by atoms with Crippen molar-refractivity contribution in [1.82, 2.24) is 14.4 Å². The Morgan fingerprint density at radius 3 is 2.67 bits per heavy atom. The average molecular weight is 395 g/mol. The van der Waals surface area contributed by atoms with Crippen LogP contribution in [0.15, 0.2) is 26.2 Å². The smallest absolute Gasteiger partial charge is 0.246 e. The minimum Gasteiger partial charge on any atom is -0.361 e. The molecule has 0 N–H and O–H groups in total. The van der Waals surface area contributed by atoms with Gasteiger partial charge in [0.25, 0.3) is 0 Å². The number of hydrogen-bond donors (Lipinski definition) is 0. The van der Waals surface area contributed by atoms with Crippen molar-refractivity contribution >= 4 is 37.6 Å². The summed E-state index contributed by atoms with van der Waals surface area (Å²) >= 11 is 9.09. The maximum absolute atomic E-state index is 12.6. The monoisotopic (exact) mass is 393 g/mol. The minimum absolute atomic E-state index is 0.0483.